The number of nitrogens with zero attached hydrogens (tertiary/aromatic N) is 2. The number of fused-ring (bicyclic) bond motifs is 1. The van der Waals surface area contributed by atoms with E-state index < -0.39 is 0 Å². The van der Waals surface area contributed by atoms with Crippen molar-refractivity contribution in [2.24, 2.45) is 0 Å². The van der Waals surface area contributed by atoms with Gasteiger partial charge in [-0.25, -0.2) is 9.97 Å². The molecule has 0 spiro atoms. The van der Waals surface area contributed by atoms with E-state index in [0.29, 0.717) is 0 Å². The molecule has 4 aromatic rings. The molecule has 0 atom stereocenters. The van der Waals surface area contributed by atoms with Gasteiger partial charge in [-0.3, -0.25) is 0 Å². The summed E-state index contributed by atoms with van der Waals surface area (Å²) < 4.78 is 10.8. The van der Waals surface area contributed by atoms with Crippen molar-refractivity contribution < 1.29 is 9.47 Å². The maximum Gasteiger partial charge on any atom is 0.138 e. The lowest BCUT2D eigenvalue weighted by Gasteiger charge is -2.22. The van der Waals surface area contributed by atoms with Crippen LogP contribution >= 0.6 is 11.3 Å². The average molecular weight is 377 g/mol. The zero-order valence-corrected chi connectivity index (χ0v) is 15.9. The number of hydrogen-bond donors (Lipinski definition) is 1. The molecule has 0 saturated carbocycles. The smallest absolute Gasteiger partial charge is 0.138 e. The molecule has 0 saturated heterocycles. The highest BCUT2D eigenvalue weighted by Gasteiger charge is 2.18. The van der Waals surface area contributed by atoms with Crippen LogP contribution in [0.5, 0.6) is 11.5 Å². The van der Waals surface area contributed by atoms with Gasteiger partial charge in [0.15, 0.2) is 0 Å². The van der Waals surface area contributed by atoms with Crippen molar-refractivity contribution in [2.45, 2.75) is 6.04 Å². The summed E-state index contributed by atoms with van der Waals surface area (Å²) in [7, 11) is 3.35. The van der Waals surface area contributed by atoms with Crippen LogP contribution in [0.15, 0.2) is 66.3 Å². The Labute approximate surface area is 161 Å². The van der Waals surface area contributed by atoms with Crippen LogP contribution < -0.4 is 14.8 Å². The van der Waals surface area contributed by atoms with Gasteiger partial charge in [-0.05, 0) is 46.8 Å². The van der Waals surface area contributed by atoms with Gasteiger partial charge < -0.3 is 14.8 Å². The molecular weight excluding hydrogens is 358 g/mol. The van der Waals surface area contributed by atoms with Gasteiger partial charge in [0.2, 0.25) is 0 Å². The van der Waals surface area contributed by atoms with Crippen molar-refractivity contribution in [1.29, 1.82) is 0 Å². The predicted molar refractivity (Wildman–Crippen MR) is 109 cm³/mol. The summed E-state index contributed by atoms with van der Waals surface area (Å²) in [5, 5.41) is 6.62. The summed E-state index contributed by atoms with van der Waals surface area (Å²) >= 11 is 1.60. The number of aromatic nitrogens is 2. The van der Waals surface area contributed by atoms with E-state index in [2.05, 4.69) is 27.4 Å². The standard InChI is InChI=1S/C21H19N3O2S/c1-25-16-7-3-5-14(11-16)19(15-6-4-8-17(12-15)26-2)24-20-18-9-10-27-21(18)23-13-22-20/h3-13,19H,1-2H3,(H,22,23,24). The number of nitrogens with one attached hydrogen (secondary N) is 1. The third-order valence-electron chi connectivity index (χ3n) is 4.40. The fourth-order valence-corrected chi connectivity index (χ4v) is 3.78. The van der Waals surface area contributed by atoms with Crippen molar-refractivity contribution >= 4 is 27.4 Å². The molecule has 0 bridgehead atoms. The predicted octanol–water partition coefficient (Wildman–Crippen LogP) is 4.91. The first-order valence-electron chi connectivity index (χ1n) is 8.51. The molecule has 4 rings (SSSR count). The molecule has 0 fully saturated rings. The van der Waals surface area contributed by atoms with Crippen LogP contribution in [0.2, 0.25) is 0 Å². The lowest BCUT2D eigenvalue weighted by molar-refractivity contribution is 0.413. The Balaban J connectivity index is 1.81. The second kappa shape index (κ2) is 7.63. The van der Waals surface area contributed by atoms with Gasteiger partial charge in [0, 0.05) is 0 Å². The number of anilines is 1. The van der Waals surface area contributed by atoms with Gasteiger partial charge in [0.25, 0.3) is 0 Å². The van der Waals surface area contributed by atoms with Gasteiger partial charge in [-0.15, -0.1) is 11.3 Å². The first kappa shape index (κ1) is 17.3. The maximum atomic E-state index is 5.42. The Kier molecular flexibility index (Phi) is 4.89. The minimum Gasteiger partial charge on any atom is -0.497 e. The normalized spacial score (nSPS) is 10.9. The lowest BCUT2D eigenvalue weighted by Crippen LogP contribution is -2.14. The summed E-state index contributed by atoms with van der Waals surface area (Å²) in [5.74, 6) is 2.42. The zero-order chi connectivity index (χ0) is 18.6. The summed E-state index contributed by atoms with van der Waals surface area (Å²) in [6.07, 6.45) is 1.59. The van der Waals surface area contributed by atoms with Crippen LogP contribution in [0.1, 0.15) is 17.2 Å². The fraction of sp³-hybridized carbons (Fsp3) is 0.143. The molecule has 1 N–H and O–H groups in total. The number of rotatable bonds is 6. The van der Waals surface area contributed by atoms with Crippen molar-refractivity contribution in [2.75, 3.05) is 19.5 Å². The number of ether oxygens (including phenoxy) is 2. The Bertz CT molecular complexity index is 1020. The Morgan fingerprint density at radius 2 is 1.56 bits per heavy atom. The van der Waals surface area contributed by atoms with E-state index in [-0.39, 0.29) is 6.04 Å². The average Bonchev–Trinajstić information content (AvgIpc) is 3.21. The molecule has 0 radical (unpaired) electrons. The molecule has 0 aliphatic heterocycles. The summed E-state index contributed by atoms with van der Waals surface area (Å²) in [6, 6.07) is 18.0. The SMILES string of the molecule is COc1cccc(C(Nc2ncnc3sccc23)c2cccc(OC)c2)c1. The number of benzene rings is 2. The van der Waals surface area contributed by atoms with E-state index in [0.717, 1.165) is 38.7 Å². The highest BCUT2D eigenvalue weighted by atomic mass is 32.1. The summed E-state index contributed by atoms with van der Waals surface area (Å²) in [5.41, 5.74) is 2.15. The van der Waals surface area contributed by atoms with E-state index in [1.807, 2.05) is 47.8 Å². The molecule has 27 heavy (non-hydrogen) atoms. The first-order chi connectivity index (χ1) is 13.3. The van der Waals surface area contributed by atoms with Crippen LogP contribution in [0, 0.1) is 0 Å². The van der Waals surface area contributed by atoms with Crippen LogP contribution in [0.4, 0.5) is 5.82 Å². The first-order valence-corrected chi connectivity index (χ1v) is 9.39. The van der Waals surface area contributed by atoms with Gasteiger partial charge >= 0.3 is 0 Å². The molecule has 0 unspecified atom stereocenters. The lowest BCUT2D eigenvalue weighted by atomic mass is 9.98. The quantitative estimate of drug-likeness (QED) is 0.517. The molecule has 2 aromatic heterocycles. The van der Waals surface area contributed by atoms with Gasteiger partial charge in [0.05, 0.1) is 25.6 Å². The molecule has 136 valence electrons. The molecule has 6 heteroatoms. The van der Waals surface area contributed by atoms with Crippen LogP contribution in [0.3, 0.4) is 0 Å². The topological polar surface area (TPSA) is 56.3 Å². The minimum atomic E-state index is -0.117. The monoisotopic (exact) mass is 377 g/mol. The number of hydrogen-bond acceptors (Lipinski definition) is 6. The third kappa shape index (κ3) is 3.57. The fourth-order valence-electron chi connectivity index (χ4n) is 3.04. The second-order valence-corrected chi connectivity index (χ2v) is 6.89. The largest absolute Gasteiger partial charge is 0.497 e. The van der Waals surface area contributed by atoms with Crippen LogP contribution in [-0.4, -0.2) is 24.2 Å². The molecule has 2 aromatic carbocycles. The Morgan fingerprint density at radius 3 is 2.19 bits per heavy atom. The molecule has 5 nitrogen and oxygen atoms in total. The van der Waals surface area contributed by atoms with Crippen molar-refractivity contribution in [1.82, 2.24) is 9.97 Å². The van der Waals surface area contributed by atoms with Crippen molar-refractivity contribution in [3.63, 3.8) is 0 Å². The Morgan fingerprint density at radius 1 is 0.889 bits per heavy atom. The van der Waals surface area contributed by atoms with E-state index in [9.17, 15) is 0 Å². The zero-order valence-electron chi connectivity index (χ0n) is 15.0. The number of methoxy groups -OCH3 is 2. The minimum absolute atomic E-state index is 0.117. The van der Waals surface area contributed by atoms with Gasteiger partial charge in [-0.1, -0.05) is 24.3 Å². The van der Waals surface area contributed by atoms with E-state index in [4.69, 9.17) is 9.47 Å². The molecule has 0 amide bonds. The molecule has 0 aliphatic rings. The molecule has 2 heterocycles. The second-order valence-electron chi connectivity index (χ2n) is 5.99. The third-order valence-corrected chi connectivity index (χ3v) is 5.22. The highest BCUT2D eigenvalue weighted by Crippen LogP contribution is 2.33. The highest BCUT2D eigenvalue weighted by molar-refractivity contribution is 7.16. The summed E-state index contributed by atoms with van der Waals surface area (Å²) in [4.78, 5) is 9.77. The van der Waals surface area contributed by atoms with E-state index in [1.165, 1.54) is 0 Å². The number of thiophene rings is 1. The maximum absolute atomic E-state index is 5.42. The summed E-state index contributed by atoms with van der Waals surface area (Å²) in [6.45, 7) is 0. The van der Waals surface area contributed by atoms with Crippen LogP contribution in [0.25, 0.3) is 10.2 Å². The Hall–Kier alpha value is -3.12. The molecule has 0 aliphatic carbocycles. The molecular formula is C21H19N3O2S. The van der Waals surface area contributed by atoms with Crippen molar-refractivity contribution in [3.8, 4) is 11.5 Å². The van der Waals surface area contributed by atoms with Crippen LogP contribution in [-0.2, 0) is 0 Å². The van der Waals surface area contributed by atoms with Gasteiger partial charge in [-0.2, -0.15) is 0 Å². The van der Waals surface area contributed by atoms with Crippen molar-refractivity contribution in [3.05, 3.63) is 77.4 Å². The van der Waals surface area contributed by atoms with E-state index >= 15 is 0 Å². The van der Waals surface area contributed by atoms with Gasteiger partial charge in [0.1, 0.15) is 28.5 Å². The van der Waals surface area contributed by atoms with E-state index in [1.54, 1.807) is 31.9 Å².